The van der Waals surface area contributed by atoms with Crippen molar-refractivity contribution in [2.75, 3.05) is 12.3 Å². The molecule has 0 spiro atoms. The minimum atomic E-state index is -0.883. The van der Waals surface area contributed by atoms with E-state index in [9.17, 15) is 9.90 Å². The van der Waals surface area contributed by atoms with Crippen LogP contribution in [0.2, 0.25) is 0 Å². The second-order valence-corrected chi connectivity index (χ2v) is 8.40. The first kappa shape index (κ1) is 17.4. The number of aromatic hydroxyl groups is 1. The summed E-state index contributed by atoms with van der Waals surface area (Å²) in [4.78, 5) is 24.6. The number of nitrogens with zero attached hydrogens (tertiary/aromatic N) is 3. The molecule has 4 unspecified atom stereocenters. The van der Waals surface area contributed by atoms with Gasteiger partial charge in [-0.2, -0.15) is 0 Å². The average molecular weight is 391 g/mol. The lowest BCUT2D eigenvalue weighted by Crippen LogP contribution is -2.25. The normalized spacial score (nSPS) is 30.6. The molecule has 0 aromatic heterocycles. The van der Waals surface area contributed by atoms with Crippen LogP contribution in [-0.4, -0.2) is 67.9 Å². The molecule has 4 rings (SSSR count). The first-order chi connectivity index (χ1) is 12.5. The van der Waals surface area contributed by atoms with E-state index in [2.05, 4.69) is 15.0 Å². The monoisotopic (exact) mass is 391 g/mol. The highest BCUT2D eigenvalue weighted by Crippen LogP contribution is 2.35. The first-order valence-electron chi connectivity index (χ1n) is 8.20. The van der Waals surface area contributed by atoms with Gasteiger partial charge < -0.3 is 14.9 Å². The Kier molecular flexibility index (Phi) is 4.66. The van der Waals surface area contributed by atoms with E-state index in [4.69, 9.17) is 9.84 Å². The fourth-order valence-electron chi connectivity index (χ4n) is 2.93. The quantitative estimate of drug-likeness (QED) is 0.814. The van der Waals surface area contributed by atoms with Crippen LogP contribution in [0.4, 0.5) is 0 Å². The number of hydrogen-bond acceptors (Lipinski definition) is 8. The molecule has 2 N–H and O–H groups in total. The number of carboxylic acid groups (broad SMARTS) is 1. The van der Waals surface area contributed by atoms with Crippen LogP contribution in [0.1, 0.15) is 12.5 Å². The van der Waals surface area contributed by atoms with Gasteiger partial charge in [0.2, 0.25) is 5.90 Å². The van der Waals surface area contributed by atoms with Gasteiger partial charge in [0.15, 0.2) is 6.04 Å². The highest BCUT2D eigenvalue weighted by molar-refractivity contribution is 8.20. The Morgan fingerprint density at radius 1 is 1.27 bits per heavy atom. The van der Waals surface area contributed by atoms with Crippen LogP contribution in [0.3, 0.4) is 0 Å². The summed E-state index contributed by atoms with van der Waals surface area (Å²) >= 11 is 3.08. The third kappa shape index (κ3) is 3.21. The molecular weight excluding hydrogens is 374 g/mol. The van der Waals surface area contributed by atoms with E-state index in [1.165, 1.54) is 11.8 Å². The largest absolute Gasteiger partial charge is 0.507 e. The van der Waals surface area contributed by atoms with Crippen LogP contribution < -0.4 is 0 Å². The Balaban J connectivity index is 1.48. The molecule has 1 aromatic rings. The Labute approximate surface area is 158 Å². The van der Waals surface area contributed by atoms with Crippen molar-refractivity contribution < 1.29 is 19.7 Å². The number of ether oxygens (including phenoxy) is 1. The molecule has 0 saturated heterocycles. The van der Waals surface area contributed by atoms with Crippen molar-refractivity contribution in [1.29, 1.82) is 0 Å². The van der Waals surface area contributed by atoms with Gasteiger partial charge in [-0.15, -0.1) is 11.8 Å². The number of rotatable bonds is 4. The molecule has 0 bridgehead atoms. The van der Waals surface area contributed by atoms with Crippen molar-refractivity contribution in [3.8, 4) is 5.75 Å². The summed E-state index contributed by atoms with van der Waals surface area (Å²) in [5, 5.41) is 20.9. The lowest BCUT2D eigenvalue weighted by Gasteiger charge is -2.13. The fraction of sp³-hybridized carbons (Fsp3) is 0.412. The summed E-state index contributed by atoms with van der Waals surface area (Å²) < 4.78 is 5.85. The zero-order chi connectivity index (χ0) is 18.3. The van der Waals surface area contributed by atoms with Crippen LogP contribution in [0.15, 0.2) is 39.2 Å². The van der Waals surface area contributed by atoms with Gasteiger partial charge in [0.05, 0.1) is 27.4 Å². The first-order valence-corrected chi connectivity index (χ1v) is 10.1. The van der Waals surface area contributed by atoms with Crippen LogP contribution in [-0.2, 0) is 9.53 Å². The van der Waals surface area contributed by atoms with Crippen molar-refractivity contribution in [3.05, 3.63) is 29.8 Å². The smallest absolute Gasteiger partial charge is 0.329 e. The molecule has 0 radical (unpaired) electrons. The number of aliphatic carboxylic acids is 1. The van der Waals surface area contributed by atoms with Crippen molar-refractivity contribution in [2.45, 2.75) is 30.4 Å². The predicted molar refractivity (Wildman–Crippen MR) is 104 cm³/mol. The Morgan fingerprint density at radius 3 is 2.81 bits per heavy atom. The topological polar surface area (TPSA) is 104 Å². The zero-order valence-corrected chi connectivity index (χ0v) is 15.5. The van der Waals surface area contributed by atoms with E-state index >= 15 is 0 Å². The van der Waals surface area contributed by atoms with Gasteiger partial charge in [-0.05, 0) is 19.1 Å². The molecule has 0 aliphatic carbocycles. The highest BCUT2D eigenvalue weighted by atomic mass is 32.2. The minimum absolute atomic E-state index is 0.0518. The number of phenols is 1. The fourth-order valence-corrected chi connectivity index (χ4v) is 5.42. The SMILES string of the molecule is CC1OC(c2ccccc2O)=NC1C1=NCC(C2=NC(C(=O)O)CS2)S1. The predicted octanol–water partition coefficient (Wildman–Crippen LogP) is 2.04. The molecule has 0 amide bonds. The number of phenolic OH excluding ortho intramolecular Hbond substituents is 1. The van der Waals surface area contributed by atoms with Crippen LogP contribution in [0.5, 0.6) is 5.75 Å². The number of aliphatic imine (C=N–C) groups is 3. The standard InChI is InChI=1S/C17H17N3O4S2/c1-8-13(20-14(24-8)9-4-2-3-5-11(9)21)16-18-6-12(26-16)15-19-10(7-25-15)17(22)23/h2-5,8,10,12-13,21H,6-7H2,1H3,(H,22,23). The lowest BCUT2D eigenvalue weighted by atomic mass is 10.2. The second kappa shape index (κ2) is 6.96. The van der Waals surface area contributed by atoms with E-state index in [1.54, 1.807) is 30.0 Å². The molecule has 1 aromatic carbocycles. The number of carbonyl (C=O) groups is 1. The lowest BCUT2D eigenvalue weighted by molar-refractivity contribution is -0.137. The number of thioether (sulfide) groups is 2. The van der Waals surface area contributed by atoms with E-state index < -0.39 is 12.0 Å². The highest BCUT2D eigenvalue weighted by Gasteiger charge is 2.39. The molecule has 26 heavy (non-hydrogen) atoms. The maximum atomic E-state index is 11.1. The number of carboxylic acids is 1. The summed E-state index contributed by atoms with van der Waals surface area (Å²) in [6, 6.07) is 6.07. The van der Waals surface area contributed by atoms with Gasteiger partial charge in [-0.3, -0.25) is 9.98 Å². The molecule has 0 saturated carbocycles. The van der Waals surface area contributed by atoms with E-state index in [0.717, 1.165) is 10.1 Å². The molecule has 0 fully saturated rings. The Bertz CT molecular complexity index is 839. The van der Waals surface area contributed by atoms with Crippen molar-refractivity contribution in [2.24, 2.45) is 15.0 Å². The zero-order valence-electron chi connectivity index (χ0n) is 13.9. The van der Waals surface area contributed by atoms with Crippen LogP contribution >= 0.6 is 23.5 Å². The van der Waals surface area contributed by atoms with Crippen molar-refractivity contribution >= 4 is 45.5 Å². The third-order valence-corrected chi connectivity index (χ3v) is 6.88. The summed E-state index contributed by atoms with van der Waals surface area (Å²) in [5.74, 6) is 0.155. The molecule has 7 nitrogen and oxygen atoms in total. The Morgan fingerprint density at radius 2 is 2.08 bits per heavy atom. The van der Waals surface area contributed by atoms with Gasteiger partial charge in [-0.25, -0.2) is 9.79 Å². The molecule has 3 heterocycles. The maximum Gasteiger partial charge on any atom is 0.329 e. The molecule has 3 aliphatic rings. The average Bonchev–Trinajstić information content (AvgIpc) is 3.33. The summed E-state index contributed by atoms with van der Waals surface area (Å²) in [5.41, 5.74) is 0.571. The van der Waals surface area contributed by atoms with E-state index in [0.29, 0.717) is 23.8 Å². The van der Waals surface area contributed by atoms with Crippen molar-refractivity contribution in [3.63, 3.8) is 0 Å². The number of benzene rings is 1. The van der Waals surface area contributed by atoms with Gasteiger partial charge in [0, 0.05) is 5.75 Å². The van der Waals surface area contributed by atoms with E-state index in [1.807, 2.05) is 13.0 Å². The minimum Gasteiger partial charge on any atom is -0.507 e. The summed E-state index contributed by atoms with van der Waals surface area (Å²) in [6.07, 6.45) is -0.181. The van der Waals surface area contributed by atoms with Gasteiger partial charge >= 0.3 is 5.97 Å². The van der Waals surface area contributed by atoms with Crippen LogP contribution in [0, 0.1) is 0 Å². The molecule has 4 atom stereocenters. The molecule has 3 aliphatic heterocycles. The second-order valence-electron chi connectivity index (χ2n) is 6.14. The van der Waals surface area contributed by atoms with Crippen LogP contribution in [0.25, 0.3) is 0 Å². The van der Waals surface area contributed by atoms with Crippen molar-refractivity contribution in [1.82, 2.24) is 0 Å². The molecule has 9 heteroatoms. The maximum absolute atomic E-state index is 11.1. The summed E-state index contributed by atoms with van der Waals surface area (Å²) in [6.45, 7) is 2.50. The third-order valence-electron chi connectivity index (χ3n) is 4.29. The van der Waals surface area contributed by atoms with Gasteiger partial charge in [0.25, 0.3) is 0 Å². The van der Waals surface area contributed by atoms with Gasteiger partial charge in [-0.1, -0.05) is 23.9 Å². The van der Waals surface area contributed by atoms with E-state index in [-0.39, 0.29) is 23.1 Å². The number of hydrogen-bond donors (Lipinski definition) is 2. The summed E-state index contributed by atoms with van der Waals surface area (Å²) in [7, 11) is 0. The number of para-hydroxylation sites is 1. The Hall–Kier alpha value is -2.00. The van der Waals surface area contributed by atoms with Gasteiger partial charge in [0.1, 0.15) is 17.9 Å². The molecule has 136 valence electrons. The molecular formula is C17H17N3O4S2.